The Morgan fingerprint density at radius 3 is 2.57 bits per heavy atom. The second kappa shape index (κ2) is 4.13. The molecule has 80 valence electrons. The van der Waals surface area contributed by atoms with Gasteiger partial charge in [-0.15, -0.1) is 0 Å². The van der Waals surface area contributed by atoms with Crippen LogP contribution in [0.5, 0.6) is 0 Å². The quantitative estimate of drug-likeness (QED) is 0.649. The van der Waals surface area contributed by atoms with E-state index in [2.05, 4.69) is 26.1 Å². The molecule has 1 aliphatic rings. The van der Waals surface area contributed by atoms with Crippen molar-refractivity contribution in [1.29, 1.82) is 0 Å². The fourth-order valence-corrected chi connectivity index (χ4v) is 1.41. The van der Waals surface area contributed by atoms with E-state index in [0.29, 0.717) is 6.54 Å². The third kappa shape index (κ3) is 3.50. The average molecular weight is 196 g/mol. The molecular weight excluding hydrogens is 176 g/mol. The highest BCUT2D eigenvalue weighted by atomic mass is 16.1. The molecule has 1 amide bonds. The minimum Gasteiger partial charge on any atom is -0.355 e. The lowest BCUT2D eigenvalue weighted by atomic mass is 9.96. The van der Waals surface area contributed by atoms with Crippen LogP contribution in [0.15, 0.2) is 12.2 Å². The largest absolute Gasteiger partial charge is 0.355 e. The first-order valence-electron chi connectivity index (χ1n) is 5.10. The summed E-state index contributed by atoms with van der Waals surface area (Å²) >= 11 is 0. The average Bonchev–Trinajstić information content (AvgIpc) is 2.46. The van der Waals surface area contributed by atoms with Gasteiger partial charge in [0.05, 0.1) is 5.92 Å². The van der Waals surface area contributed by atoms with Crippen molar-refractivity contribution < 1.29 is 4.79 Å². The van der Waals surface area contributed by atoms with Gasteiger partial charge in [0.2, 0.25) is 5.91 Å². The molecule has 0 saturated carbocycles. The third-order valence-electron chi connectivity index (χ3n) is 2.25. The first-order valence-corrected chi connectivity index (χ1v) is 5.10. The summed E-state index contributed by atoms with van der Waals surface area (Å²) in [6.45, 7) is 7.02. The van der Waals surface area contributed by atoms with E-state index in [4.69, 9.17) is 5.73 Å². The van der Waals surface area contributed by atoms with Gasteiger partial charge < -0.3 is 11.1 Å². The fourth-order valence-electron chi connectivity index (χ4n) is 1.41. The minimum atomic E-state index is -0.0210. The van der Waals surface area contributed by atoms with Crippen LogP contribution >= 0.6 is 0 Å². The number of nitrogens with one attached hydrogen (secondary N) is 1. The molecule has 0 aliphatic heterocycles. The lowest BCUT2D eigenvalue weighted by molar-refractivity contribution is -0.124. The molecule has 1 rings (SSSR count). The van der Waals surface area contributed by atoms with Gasteiger partial charge >= 0.3 is 0 Å². The van der Waals surface area contributed by atoms with Gasteiger partial charge in [0, 0.05) is 12.6 Å². The smallest absolute Gasteiger partial charge is 0.227 e. The van der Waals surface area contributed by atoms with Crippen molar-refractivity contribution in [2.75, 3.05) is 6.54 Å². The maximum absolute atomic E-state index is 11.6. The zero-order chi connectivity index (χ0) is 10.8. The molecule has 0 bridgehead atoms. The molecule has 1 aliphatic carbocycles. The highest BCUT2D eigenvalue weighted by molar-refractivity contribution is 5.81. The molecule has 0 heterocycles. The molecule has 0 saturated heterocycles. The molecule has 2 atom stereocenters. The summed E-state index contributed by atoms with van der Waals surface area (Å²) in [5.41, 5.74) is 5.82. The number of nitrogens with two attached hydrogens (primary N) is 1. The van der Waals surface area contributed by atoms with E-state index in [-0.39, 0.29) is 23.3 Å². The Hall–Kier alpha value is -0.830. The number of amides is 1. The molecule has 0 fully saturated rings. The minimum absolute atomic E-state index is 0.0210. The maximum Gasteiger partial charge on any atom is 0.227 e. The van der Waals surface area contributed by atoms with Crippen molar-refractivity contribution in [1.82, 2.24) is 5.32 Å². The van der Waals surface area contributed by atoms with Gasteiger partial charge in [0.25, 0.3) is 0 Å². The second-order valence-corrected chi connectivity index (χ2v) is 5.17. The Morgan fingerprint density at radius 2 is 2.14 bits per heavy atom. The number of hydrogen-bond donors (Lipinski definition) is 2. The number of hydrogen-bond acceptors (Lipinski definition) is 2. The van der Waals surface area contributed by atoms with Crippen LogP contribution in [-0.2, 0) is 4.79 Å². The third-order valence-corrected chi connectivity index (χ3v) is 2.25. The molecule has 0 aromatic carbocycles. The van der Waals surface area contributed by atoms with Gasteiger partial charge in [-0.3, -0.25) is 4.79 Å². The summed E-state index contributed by atoms with van der Waals surface area (Å²) in [5, 5.41) is 2.94. The number of carbonyl (C=O) groups is 1. The Balaban J connectivity index is 2.33. The Kier molecular flexibility index (Phi) is 3.32. The summed E-state index contributed by atoms with van der Waals surface area (Å²) in [4.78, 5) is 11.6. The lowest BCUT2D eigenvalue weighted by Crippen LogP contribution is -2.36. The van der Waals surface area contributed by atoms with E-state index >= 15 is 0 Å². The van der Waals surface area contributed by atoms with E-state index in [1.54, 1.807) is 0 Å². The first kappa shape index (κ1) is 11.2. The fraction of sp³-hybridized carbons (Fsp3) is 0.727. The van der Waals surface area contributed by atoms with Crippen LogP contribution in [0.4, 0.5) is 0 Å². The highest BCUT2D eigenvalue weighted by Gasteiger charge is 2.23. The summed E-state index contributed by atoms with van der Waals surface area (Å²) in [5.74, 6) is 0.0801. The van der Waals surface area contributed by atoms with Gasteiger partial charge in [-0.2, -0.15) is 0 Å². The van der Waals surface area contributed by atoms with Crippen molar-refractivity contribution in [3.05, 3.63) is 12.2 Å². The summed E-state index contributed by atoms with van der Waals surface area (Å²) in [6, 6.07) is 0.0559. The van der Waals surface area contributed by atoms with Gasteiger partial charge in [0.1, 0.15) is 0 Å². The second-order valence-electron chi connectivity index (χ2n) is 5.17. The van der Waals surface area contributed by atoms with Crippen molar-refractivity contribution in [3.63, 3.8) is 0 Å². The van der Waals surface area contributed by atoms with Crippen LogP contribution < -0.4 is 11.1 Å². The molecule has 0 spiro atoms. The van der Waals surface area contributed by atoms with Crippen LogP contribution in [-0.4, -0.2) is 18.5 Å². The maximum atomic E-state index is 11.6. The van der Waals surface area contributed by atoms with Crippen molar-refractivity contribution in [2.24, 2.45) is 17.1 Å². The Labute approximate surface area is 85.7 Å². The molecule has 0 aromatic rings. The van der Waals surface area contributed by atoms with Crippen LogP contribution in [0.3, 0.4) is 0 Å². The van der Waals surface area contributed by atoms with E-state index < -0.39 is 0 Å². The summed E-state index contributed by atoms with van der Waals surface area (Å²) in [7, 11) is 0. The summed E-state index contributed by atoms with van der Waals surface area (Å²) in [6.07, 6.45) is 4.56. The molecule has 3 heteroatoms. The standard InChI is InChI=1S/C11H20N2O/c1-11(2,3)7-13-10(14)8-4-5-9(12)6-8/h4-5,8-9H,6-7,12H2,1-3H3,(H,13,14). The predicted octanol–water partition coefficient (Wildman–Crippen LogP) is 1.05. The van der Waals surface area contributed by atoms with Crippen LogP contribution in [0, 0.1) is 11.3 Å². The highest BCUT2D eigenvalue weighted by Crippen LogP contribution is 2.17. The normalized spacial score (nSPS) is 26.6. The van der Waals surface area contributed by atoms with Crippen LogP contribution in [0.25, 0.3) is 0 Å². The Bertz CT molecular complexity index is 240. The van der Waals surface area contributed by atoms with E-state index in [0.717, 1.165) is 6.42 Å². The molecule has 3 N–H and O–H groups in total. The van der Waals surface area contributed by atoms with Crippen LogP contribution in [0.2, 0.25) is 0 Å². The van der Waals surface area contributed by atoms with Gasteiger partial charge in [-0.05, 0) is 11.8 Å². The molecule has 2 unspecified atom stereocenters. The van der Waals surface area contributed by atoms with E-state index in [1.165, 1.54) is 0 Å². The van der Waals surface area contributed by atoms with E-state index in [9.17, 15) is 4.79 Å². The zero-order valence-corrected chi connectivity index (χ0v) is 9.21. The lowest BCUT2D eigenvalue weighted by Gasteiger charge is -2.20. The molecule has 14 heavy (non-hydrogen) atoms. The topological polar surface area (TPSA) is 55.1 Å². The van der Waals surface area contributed by atoms with Crippen molar-refractivity contribution in [2.45, 2.75) is 33.2 Å². The zero-order valence-electron chi connectivity index (χ0n) is 9.21. The SMILES string of the molecule is CC(C)(C)CNC(=O)C1C=CC(N)C1. The Morgan fingerprint density at radius 1 is 1.50 bits per heavy atom. The molecular formula is C11H20N2O. The monoisotopic (exact) mass is 196 g/mol. The molecule has 3 nitrogen and oxygen atoms in total. The van der Waals surface area contributed by atoms with Gasteiger partial charge in [-0.25, -0.2) is 0 Å². The van der Waals surface area contributed by atoms with Crippen molar-refractivity contribution in [3.8, 4) is 0 Å². The molecule has 0 radical (unpaired) electrons. The predicted molar refractivity (Wildman–Crippen MR) is 57.7 cm³/mol. The van der Waals surface area contributed by atoms with Gasteiger partial charge in [-0.1, -0.05) is 32.9 Å². The number of rotatable bonds is 2. The van der Waals surface area contributed by atoms with Crippen LogP contribution in [0.1, 0.15) is 27.2 Å². The number of carbonyl (C=O) groups excluding carboxylic acids is 1. The molecule has 0 aromatic heterocycles. The summed E-state index contributed by atoms with van der Waals surface area (Å²) < 4.78 is 0. The van der Waals surface area contributed by atoms with E-state index in [1.807, 2.05) is 12.2 Å². The van der Waals surface area contributed by atoms with Gasteiger partial charge in [0.15, 0.2) is 0 Å². The van der Waals surface area contributed by atoms with Crippen molar-refractivity contribution >= 4 is 5.91 Å². The first-order chi connectivity index (χ1) is 6.38.